The van der Waals surface area contributed by atoms with Crippen LogP contribution in [-0.2, 0) is 0 Å². The van der Waals surface area contributed by atoms with Crippen LogP contribution in [0.1, 0.15) is 5.56 Å². The van der Waals surface area contributed by atoms with Crippen molar-refractivity contribution >= 4 is 6.21 Å². The lowest BCUT2D eigenvalue weighted by Crippen LogP contribution is -1.90. The van der Waals surface area contributed by atoms with Crippen molar-refractivity contribution in [2.45, 2.75) is 0 Å². The third-order valence-electron chi connectivity index (χ3n) is 1.92. The molecule has 0 aliphatic rings. The Labute approximate surface area is 86.2 Å². The Morgan fingerprint density at radius 2 is 1.93 bits per heavy atom. The number of oxime groups is 1. The molecule has 0 bridgehead atoms. The van der Waals surface area contributed by atoms with Gasteiger partial charge in [-0.15, -0.1) is 0 Å². The zero-order valence-corrected chi connectivity index (χ0v) is 7.78. The van der Waals surface area contributed by atoms with Crippen LogP contribution in [0.2, 0.25) is 0 Å². The average Bonchev–Trinajstić information content (AvgIpc) is 2.31. The van der Waals surface area contributed by atoms with E-state index in [0.717, 1.165) is 16.7 Å². The SMILES string of the molecule is ON=Cc1cnccc1-c1cncnc1. The summed E-state index contributed by atoms with van der Waals surface area (Å²) in [5, 5.41) is 11.5. The molecule has 0 saturated carbocycles. The van der Waals surface area contributed by atoms with Gasteiger partial charge in [0.2, 0.25) is 0 Å². The van der Waals surface area contributed by atoms with Crippen LogP contribution in [0.25, 0.3) is 11.1 Å². The lowest BCUT2D eigenvalue weighted by molar-refractivity contribution is 0.322. The summed E-state index contributed by atoms with van der Waals surface area (Å²) in [5.74, 6) is 0. The summed E-state index contributed by atoms with van der Waals surface area (Å²) in [6.07, 6.45) is 9.45. The Hall–Kier alpha value is -2.30. The molecule has 0 amide bonds. The van der Waals surface area contributed by atoms with Crippen LogP contribution >= 0.6 is 0 Å². The molecule has 0 atom stereocenters. The summed E-state index contributed by atoms with van der Waals surface area (Å²) in [6, 6.07) is 1.82. The molecule has 0 radical (unpaired) electrons. The summed E-state index contributed by atoms with van der Waals surface area (Å²) in [4.78, 5) is 11.8. The van der Waals surface area contributed by atoms with Gasteiger partial charge in [0.15, 0.2) is 0 Å². The van der Waals surface area contributed by atoms with Gasteiger partial charge < -0.3 is 5.21 Å². The largest absolute Gasteiger partial charge is 0.411 e. The molecule has 5 nitrogen and oxygen atoms in total. The first-order valence-electron chi connectivity index (χ1n) is 4.28. The highest BCUT2D eigenvalue weighted by molar-refractivity contribution is 5.89. The van der Waals surface area contributed by atoms with E-state index < -0.39 is 0 Å². The highest BCUT2D eigenvalue weighted by atomic mass is 16.4. The molecule has 74 valence electrons. The molecule has 0 aliphatic carbocycles. The van der Waals surface area contributed by atoms with E-state index in [4.69, 9.17) is 5.21 Å². The first kappa shape index (κ1) is 9.26. The van der Waals surface area contributed by atoms with E-state index in [1.807, 2.05) is 6.07 Å². The van der Waals surface area contributed by atoms with Crippen molar-refractivity contribution in [2.75, 3.05) is 0 Å². The molecular formula is C10H8N4O. The van der Waals surface area contributed by atoms with Crippen LogP contribution in [0, 0.1) is 0 Å². The molecule has 15 heavy (non-hydrogen) atoms. The third-order valence-corrected chi connectivity index (χ3v) is 1.92. The maximum atomic E-state index is 8.50. The van der Waals surface area contributed by atoms with Crippen LogP contribution in [0.4, 0.5) is 0 Å². The Kier molecular flexibility index (Phi) is 2.64. The van der Waals surface area contributed by atoms with Crippen molar-refractivity contribution in [3.05, 3.63) is 42.7 Å². The molecule has 2 heterocycles. The number of hydrogen-bond donors (Lipinski definition) is 1. The number of hydrogen-bond acceptors (Lipinski definition) is 5. The maximum absolute atomic E-state index is 8.50. The number of nitrogens with zero attached hydrogens (tertiary/aromatic N) is 4. The Bertz CT molecular complexity index is 470. The monoisotopic (exact) mass is 200 g/mol. The lowest BCUT2D eigenvalue weighted by atomic mass is 10.1. The molecule has 0 unspecified atom stereocenters. The zero-order chi connectivity index (χ0) is 10.5. The quantitative estimate of drug-likeness (QED) is 0.451. The molecule has 0 saturated heterocycles. The first-order valence-corrected chi connectivity index (χ1v) is 4.28. The Balaban J connectivity index is 2.53. The highest BCUT2D eigenvalue weighted by Gasteiger charge is 2.03. The summed E-state index contributed by atoms with van der Waals surface area (Å²) in [7, 11) is 0. The molecular weight excluding hydrogens is 192 g/mol. The molecule has 0 spiro atoms. The predicted octanol–water partition coefficient (Wildman–Crippen LogP) is 1.35. The molecule has 0 fully saturated rings. The lowest BCUT2D eigenvalue weighted by Gasteiger charge is -2.02. The van der Waals surface area contributed by atoms with Crippen LogP contribution in [-0.4, -0.2) is 26.4 Å². The highest BCUT2D eigenvalue weighted by Crippen LogP contribution is 2.19. The average molecular weight is 200 g/mol. The zero-order valence-electron chi connectivity index (χ0n) is 7.78. The van der Waals surface area contributed by atoms with Crippen LogP contribution in [0.5, 0.6) is 0 Å². The summed E-state index contributed by atoms with van der Waals surface area (Å²) in [5.41, 5.74) is 2.45. The molecule has 1 N–H and O–H groups in total. The molecule has 2 rings (SSSR count). The van der Waals surface area contributed by atoms with Crippen molar-refractivity contribution in [3.63, 3.8) is 0 Å². The minimum absolute atomic E-state index is 0.717. The Morgan fingerprint density at radius 1 is 1.13 bits per heavy atom. The van der Waals surface area contributed by atoms with Crippen LogP contribution in [0.15, 0.2) is 42.3 Å². The molecule has 0 aliphatic heterocycles. The molecule has 0 aromatic carbocycles. The van der Waals surface area contributed by atoms with E-state index >= 15 is 0 Å². The second-order valence-corrected chi connectivity index (χ2v) is 2.83. The third kappa shape index (κ3) is 1.96. The van der Waals surface area contributed by atoms with Gasteiger partial charge in [0.1, 0.15) is 6.33 Å². The number of rotatable bonds is 2. The van der Waals surface area contributed by atoms with E-state index in [-0.39, 0.29) is 0 Å². The fourth-order valence-corrected chi connectivity index (χ4v) is 1.27. The maximum Gasteiger partial charge on any atom is 0.115 e. The summed E-state index contributed by atoms with van der Waals surface area (Å²) < 4.78 is 0. The van der Waals surface area contributed by atoms with Crippen LogP contribution in [0.3, 0.4) is 0 Å². The van der Waals surface area contributed by atoms with Gasteiger partial charge in [-0.25, -0.2) is 9.97 Å². The fourth-order valence-electron chi connectivity index (χ4n) is 1.27. The van der Waals surface area contributed by atoms with E-state index in [2.05, 4.69) is 20.1 Å². The van der Waals surface area contributed by atoms with Crippen molar-refractivity contribution in [1.29, 1.82) is 0 Å². The molecule has 5 heteroatoms. The van der Waals surface area contributed by atoms with Crippen molar-refractivity contribution < 1.29 is 5.21 Å². The predicted molar refractivity (Wildman–Crippen MR) is 54.6 cm³/mol. The minimum Gasteiger partial charge on any atom is -0.411 e. The molecule has 2 aromatic heterocycles. The van der Waals surface area contributed by atoms with Crippen molar-refractivity contribution in [3.8, 4) is 11.1 Å². The first-order chi connectivity index (χ1) is 7.42. The van der Waals surface area contributed by atoms with Crippen molar-refractivity contribution in [2.24, 2.45) is 5.16 Å². The minimum atomic E-state index is 0.717. The number of aromatic nitrogens is 3. The van der Waals surface area contributed by atoms with Gasteiger partial charge in [-0.05, 0) is 11.6 Å². The van der Waals surface area contributed by atoms with Gasteiger partial charge in [-0.2, -0.15) is 0 Å². The van der Waals surface area contributed by atoms with Gasteiger partial charge >= 0.3 is 0 Å². The number of pyridine rings is 1. The van der Waals surface area contributed by atoms with Gasteiger partial charge in [0.25, 0.3) is 0 Å². The summed E-state index contributed by atoms with van der Waals surface area (Å²) in [6.45, 7) is 0. The van der Waals surface area contributed by atoms with Crippen molar-refractivity contribution in [1.82, 2.24) is 15.0 Å². The summed E-state index contributed by atoms with van der Waals surface area (Å²) >= 11 is 0. The normalized spacial score (nSPS) is 10.7. The standard InChI is InChI=1S/C10H8N4O/c15-14-6-9-3-11-2-1-10(9)8-4-12-7-13-5-8/h1-7,15H. The fraction of sp³-hybridized carbons (Fsp3) is 0. The van der Waals surface area contributed by atoms with E-state index in [1.165, 1.54) is 12.5 Å². The van der Waals surface area contributed by atoms with Gasteiger partial charge in [0, 0.05) is 35.9 Å². The van der Waals surface area contributed by atoms with E-state index in [0.29, 0.717) is 0 Å². The van der Waals surface area contributed by atoms with E-state index in [9.17, 15) is 0 Å². The molecule has 2 aromatic rings. The second kappa shape index (κ2) is 4.28. The second-order valence-electron chi connectivity index (χ2n) is 2.83. The topological polar surface area (TPSA) is 71.3 Å². The smallest absolute Gasteiger partial charge is 0.115 e. The Morgan fingerprint density at radius 3 is 2.67 bits per heavy atom. The van der Waals surface area contributed by atoms with Gasteiger partial charge in [-0.3, -0.25) is 4.98 Å². The van der Waals surface area contributed by atoms with Gasteiger partial charge in [0.05, 0.1) is 6.21 Å². The van der Waals surface area contributed by atoms with Gasteiger partial charge in [-0.1, -0.05) is 5.16 Å². The van der Waals surface area contributed by atoms with E-state index in [1.54, 1.807) is 24.8 Å². The van der Waals surface area contributed by atoms with Crippen LogP contribution < -0.4 is 0 Å².